The highest BCUT2D eigenvalue weighted by Gasteiger charge is 2.09. The van der Waals surface area contributed by atoms with Crippen molar-refractivity contribution >= 4 is 11.6 Å². The molecule has 0 fully saturated rings. The normalized spacial score (nSPS) is 12.4. The molecule has 4 heteroatoms. The fraction of sp³-hybridized carbons (Fsp3) is 0.375. The second-order valence-electron chi connectivity index (χ2n) is 5.43. The third-order valence-electron chi connectivity index (χ3n) is 3.06. The van der Waals surface area contributed by atoms with Gasteiger partial charge in [-0.15, -0.1) is 0 Å². The van der Waals surface area contributed by atoms with Gasteiger partial charge in [0.25, 0.3) is 0 Å². The summed E-state index contributed by atoms with van der Waals surface area (Å²) in [5.41, 5.74) is 7.14. The minimum atomic E-state index is 0.267. The zero-order valence-electron chi connectivity index (χ0n) is 12.3. The van der Waals surface area contributed by atoms with E-state index in [2.05, 4.69) is 60.3 Å². The Bertz CT molecular complexity index is 552. The van der Waals surface area contributed by atoms with Crippen molar-refractivity contribution in [3.63, 3.8) is 0 Å². The molecule has 2 aromatic rings. The second kappa shape index (κ2) is 6.37. The maximum atomic E-state index is 5.83. The number of nitrogens with two attached hydrogens (primary N) is 1. The number of hydrogen-bond donors (Lipinski definition) is 2. The van der Waals surface area contributed by atoms with Crippen molar-refractivity contribution in [3.8, 4) is 0 Å². The predicted molar refractivity (Wildman–Crippen MR) is 83.8 cm³/mol. The van der Waals surface area contributed by atoms with E-state index in [1.807, 2.05) is 6.07 Å². The minimum absolute atomic E-state index is 0.267. The number of aromatic nitrogens is 2. The van der Waals surface area contributed by atoms with E-state index in [0.29, 0.717) is 5.82 Å². The van der Waals surface area contributed by atoms with Gasteiger partial charge in [0, 0.05) is 18.0 Å². The molecule has 1 aromatic heterocycles. The van der Waals surface area contributed by atoms with Crippen LogP contribution in [-0.2, 0) is 6.42 Å². The third-order valence-corrected chi connectivity index (χ3v) is 3.06. The zero-order chi connectivity index (χ0) is 14.5. The number of nitrogens with one attached hydrogen (secondary N) is 1. The maximum absolute atomic E-state index is 5.83. The molecule has 1 unspecified atom stereocenters. The summed E-state index contributed by atoms with van der Waals surface area (Å²) >= 11 is 0. The Morgan fingerprint density at radius 1 is 1.10 bits per heavy atom. The summed E-state index contributed by atoms with van der Waals surface area (Å²) < 4.78 is 0. The number of hydrogen-bond acceptors (Lipinski definition) is 4. The van der Waals surface area contributed by atoms with Gasteiger partial charge in [-0.25, -0.2) is 9.97 Å². The fourth-order valence-corrected chi connectivity index (χ4v) is 2.09. The lowest BCUT2D eigenvalue weighted by Gasteiger charge is -2.16. The molecule has 1 heterocycles. The van der Waals surface area contributed by atoms with Crippen LogP contribution in [0.15, 0.2) is 36.4 Å². The third kappa shape index (κ3) is 3.95. The summed E-state index contributed by atoms with van der Waals surface area (Å²) in [6, 6.07) is 12.5. The van der Waals surface area contributed by atoms with Crippen LogP contribution < -0.4 is 11.1 Å². The fourth-order valence-electron chi connectivity index (χ4n) is 2.09. The Morgan fingerprint density at radius 2 is 1.80 bits per heavy atom. The molecule has 0 aliphatic rings. The molecule has 0 aliphatic heterocycles. The molecule has 0 bridgehead atoms. The van der Waals surface area contributed by atoms with E-state index in [-0.39, 0.29) is 12.0 Å². The van der Waals surface area contributed by atoms with Gasteiger partial charge < -0.3 is 11.1 Å². The number of rotatable bonds is 5. The first-order valence-corrected chi connectivity index (χ1v) is 6.99. The Hall–Kier alpha value is -2.10. The van der Waals surface area contributed by atoms with E-state index in [0.717, 1.165) is 18.1 Å². The van der Waals surface area contributed by atoms with Gasteiger partial charge in [0.15, 0.2) is 0 Å². The van der Waals surface area contributed by atoms with Gasteiger partial charge in [-0.1, -0.05) is 44.2 Å². The molecule has 3 N–H and O–H groups in total. The van der Waals surface area contributed by atoms with Crippen LogP contribution in [0.3, 0.4) is 0 Å². The number of anilines is 2. The van der Waals surface area contributed by atoms with Crippen LogP contribution in [0, 0.1) is 0 Å². The topological polar surface area (TPSA) is 63.8 Å². The van der Waals surface area contributed by atoms with E-state index >= 15 is 0 Å². The highest BCUT2D eigenvalue weighted by atomic mass is 15.1. The van der Waals surface area contributed by atoms with Gasteiger partial charge in [0.05, 0.1) is 0 Å². The number of nitrogens with zero attached hydrogens (tertiary/aromatic N) is 2. The summed E-state index contributed by atoms with van der Waals surface area (Å²) in [5, 5.41) is 3.40. The highest BCUT2D eigenvalue weighted by Crippen LogP contribution is 2.16. The zero-order valence-corrected chi connectivity index (χ0v) is 12.3. The van der Waals surface area contributed by atoms with Gasteiger partial charge in [-0.05, 0) is 18.9 Å². The van der Waals surface area contributed by atoms with Crippen LogP contribution in [0.2, 0.25) is 0 Å². The summed E-state index contributed by atoms with van der Waals surface area (Å²) in [4.78, 5) is 8.76. The van der Waals surface area contributed by atoms with Gasteiger partial charge >= 0.3 is 0 Å². The van der Waals surface area contributed by atoms with E-state index in [9.17, 15) is 0 Å². The molecular formula is C16H22N4. The Labute approximate surface area is 120 Å². The van der Waals surface area contributed by atoms with Crippen LogP contribution in [0.1, 0.15) is 38.1 Å². The van der Waals surface area contributed by atoms with Gasteiger partial charge in [0.1, 0.15) is 17.5 Å². The molecule has 4 nitrogen and oxygen atoms in total. The quantitative estimate of drug-likeness (QED) is 0.875. The number of nitrogen functional groups attached to an aromatic ring is 1. The van der Waals surface area contributed by atoms with E-state index < -0.39 is 0 Å². The summed E-state index contributed by atoms with van der Waals surface area (Å²) in [7, 11) is 0. The Balaban J connectivity index is 2.06. The van der Waals surface area contributed by atoms with Crippen LogP contribution in [-0.4, -0.2) is 16.0 Å². The van der Waals surface area contributed by atoms with Gasteiger partial charge in [0.2, 0.25) is 0 Å². The lowest BCUT2D eigenvalue weighted by atomic mass is 10.1. The van der Waals surface area contributed by atoms with Gasteiger partial charge in [-0.2, -0.15) is 0 Å². The second-order valence-corrected chi connectivity index (χ2v) is 5.43. The summed E-state index contributed by atoms with van der Waals surface area (Å²) in [6.45, 7) is 6.26. The van der Waals surface area contributed by atoms with Crippen LogP contribution in [0.25, 0.3) is 0 Å². The van der Waals surface area contributed by atoms with Crippen molar-refractivity contribution in [3.05, 3.63) is 47.8 Å². The van der Waals surface area contributed by atoms with E-state index in [1.165, 1.54) is 5.56 Å². The maximum Gasteiger partial charge on any atom is 0.135 e. The van der Waals surface area contributed by atoms with E-state index in [1.54, 1.807) is 6.07 Å². The molecular weight excluding hydrogens is 248 g/mol. The van der Waals surface area contributed by atoms with Crippen molar-refractivity contribution in [2.45, 2.75) is 39.2 Å². The lowest BCUT2D eigenvalue weighted by Crippen LogP contribution is -2.19. The summed E-state index contributed by atoms with van der Waals surface area (Å²) in [5.74, 6) is 2.35. The lowest BCUT2D eigenvalue weighted by molar-refractivity contribution is 0.755. The molecule has 0 radical (unpaired) electrons. The number of benzene rings is 1. The molecule has 0 saturated carbocycles. The van der Waals surface area contributed by atoms with Crippen molar-refractivity contribution < 1.29 is 0 Å². The standard InChI is InChI=1S/C16H22N4/c1-11(2)16-19-14(17)10-15(20-16)18-12(3)9-13-7-5-4-6-8-13/h4-8,10-12H,9H2,1-3H3,(H3,17,18,19,20). The smallest absolute Gasteiger partial charge is 0.135 e. The largest absolute Gasteiger partial charge is 0.384 e. The molecule has 2 rings (SSSR count). The van der Waals surface area contributed by atoms with Crippen LogP contribution >= 0.6 is 0 Å². The van der Waals surface area contributed by atoms with Crippen molar-refractivity contribution in [1.82, 2.24) is 9.97 Å². The average molecular weight is 270 g/mol. The first kappa shape index (κ1) is 14.3. The molecule has 1 atom stereocenters. The predicted octanol–water partition coefficient (Wildman–Crippen LogP) is 3.23. The molecule has 20 heavy (non-hydrogen) atoms. The molecule has 0 aliphatic carbocycles. The van der Waals surface area contributed by atoms with Crippen molar-refractivity contribution in [1.29, 1.82) is 0 Å². The Morgan fingerprint density at radius 3 is 2.45 bits per heavy atom. The van der Waals surface area contributed by atoms with Crippen molar-refractivity contribution in [2.24, 2.45) is 0 Å². The minimum Gasteiger partial charge on any atom is -0.384 e. The first-order valence-electron chi connectivity index (χ1n) is 6.99. The van der Waals surface area contributed by atoms with Crippen molar-refractivity contribution in [2.75, 3.05) is 11.1 Å². The summed E-state index contributed by atoms with van der Waals surface area (Å²) in [6.07, 6.45) is 0.946. The van der Waals surface area contributed by atoms with Crippen LogP contribution in [0.4, 0.5) is 11.6 Å². The molecule has 0 spiro atoms. The Kier molecular flexibility index (Phi) is 4.56. The van der Waals surface area contributed by atoms with Crippen LogP contribution in [0.5, 0.6) is 0 Å². The van der Waals surface area contributed by atoms with Gasteiger partial charge in [-0.3, -0.25) is 0 Å². The molecule has 0 amide bonds. The first-order chi connectivity index (χ1) is 9.54. The SMILES string of the molecule is CC(Cc1ccccc1)Nc1cc(N)nc(C(C)C)n1. The molecule has 0 saturated heterocycles. The monoisotopic (exact) mass is 270 g/mol. The highest BCUT2D eigenvalue weighted by molar-refractivity contribution is 5.45. The molecule has 106 valence electrons. The van der Waals surface area contributed by atoms with E-state index in [4.69, 9.17) is 5.73 Å². The molecule has 1 aromatic carbocycles. The average Bonchev–Trinajstić information content (AvgIpc) is 2.38.